The Bertz CT molecular complexity index is 630. The predicted octanol–water partition coefficient (Wildman–Crippen LogP) is 3.71. The van der Waals surface area contributed by atoms with E-state index < -0.39 is 0 Å². The first-order valence-electron chi connectivity index (χ1n) is 6.50. The number of aromatic nitrogens is 1. The zero-order chi connectivity index (χ0) is 15.4. The molecule has 0 aliphatic heterocycles. The fourth-order valence-electron chi connectivity index (χ4n) is 1.92. The topological polar surface area (TPSA) is 42.4 Å². The third kappa shape index (κ3) is 3.95. The van der Waals surface area contributed by atoms with E-state index in [0.29, 0.717) is 0 Å². The molecule has 2 aromatic rings. The molecule has 0 radical (unpaired) electrons. The monoisotopic (exact) mass is 324 g/mol. The Balaban J connectivity index is 2.12. The van der Waals surface area contributed by atoms with Gasteiger partial charge in [0.05, 0.1) is 25.3 Å². The van der Waals surface area contributed by atoms with Gasteiger partial charge in [-0.1, -0.05) is 23.7 Å². The summed E-state index contributed by atoms with van der Waals surface area (Å²) in [6.07, 6.45) is 0.201. The Morgan fingerprint density at radius 3 is 2.95 bits per heavy atom. The van der Waals surface area contributed by atoms with Crippen molar-refractivity contribution in [2.45, 2.75) is 19.4 Å². The van der Waals surface area contributed by atoms with Gasteiger partial charge in [0.25, 0.3) is 0 Å². The molecule has 112 valence electrons. The van der Waals surface area contributed by atoms with Crippen molar-refractivity contribution >= 4 is 34.0 Å². The lowest BCUT2D eigenvalue weighted by atomic mass is 10.1. The summed E-state index contributed by atoms with van der Waals surface area (Å²) in [7, 11) is 3.36. The largest absolute Gasteiger partial charge is 0.469 e. The molecule has 6 heteroatoms. The van der Waals surface area contributed by atoms with Crippen LogP contribution in [0.2, 0.25) is 5.02 Å². The van der Waals surface area contributed by atoms with Gasteiger partial charge in [-0.3, -0.25) is 4.79 Å². The SMILES string of the molecule is COC(=O)Cc1csc(N(C)C(C)c2cccc(Cl)c2)n1. The molecule has 0 aliphatic carbocycles. The zero-order valence-electron chi connectivity index (χ0n) is 12.2. The molecule has 0 saturated carbocycles. The van der Waals surface area contributed by atoms with Gasteiger partial charge in [0, 0.05) is 17.5 Å². The van der Waals surface area contributed by atoms with Crippen molar-refractivity contribution in [2.75, 3.05) is 19.1 Å². The van der Waals surface area contributed by atoms with E-state index in [4.69, 9.17) is 11.6 Å². The molecule has 0 amide bonds. The minimum atomic E-state index is -0.280. The van der Waals surface area contributed by atoms with Gasteiger partial charge in [0.15, 0.2) is 5.13 Å². The second-order valence-electron chi connectivity index (χ2n) is 4.72. The van der Waals surface area contributed by atoms with Crippen LogP contribution >= 0.6 is 22.9 Å². The third-order valence-electron chi connectivity index (χ3n) is 3.31. The van der Waals surface area contributed by atoms with E-state index >= 15 is 0 Å². The van der Waals surface area contributed by atoms with Gasteiger partial charge in [0.1, 0.15) is 0 Å². The van der Waals surface area contributed by atoms with Crippen LogP contribution in [0.3, 0.4) is 0 Å². The average molecular weight is 325 g/mol. The van der Waals surface area contributed by atoms with Crippen LogP contribution < -0.4 is 4.90 Å². The molecule has 0 N–H and O–H groups in total. The van der Waals surface area contributed by atoms with Crippen LogP contribution in [-0.2, 0) is 16.0 Å². The van der Waals surface area contributed by atoms with Gasteiger partial charge in [-0.05, 0) is 24.6 Å². The number of hydrogen-bond donors (Lipinski definition) is 0. The van der Waals surface area contributed by atoms with E-state index in [1.165, 1.54) is 18.4 Å². The van der Waals surface area contributed by atoms with E-state index in [0.717, 1.165) is 21.4 Å². The fraction of sp³-hybridized carbons (Fsp3) is 0.333. The van der Waals surface area contributed by atoms with Gasteiger partial charge < -0.3 is 9.64 Å². The zero-order valence-corrected chi connectivity index (χ0v) is 13.7. The first-order valence-corrected chi connectivity index (χ1v) is 7.76. The maximum absolute atomic E-state index is 11.3. The average Bonchev–Trinajstić information content (AvgIpc) is 2.94. The van der Waals surface area contributed by atoms with Crippen molar-refractivity contribution in [3.63, 3.8) is 0 Å². The highest BCUT2D eigenvalue weighted by molar-refractivity contribution is 7.13. The minimum absolute atomic E-state index is 0.140. The van der Waals surface area contributed by atoms with Gasteiger partial charge in [0.2, 0.25) is 0 Å². The Hall–Kier alpha value is -1.59. The maximum atomic E-state index is 11.3. The molecule has 1 atom stereocenters. The number of hydrogen-bond acceptors (Lipinski definition) is 5. The number of methoxy groups -OCH3 is 1. The summed E-state index contributed by atoms with van der Waals surface area (Å²) < 4.78 is 4.65. The summed E-state index contributed by atoms with van der Waals surface area (Å²) in [6.45, 7) is 2.09. The minimum Gasteiger partial charge on any atom is -0.469 e. The lowest BCUT2D eigenvalue weighted by Gasteiger charge is -2.24. The number of rotatable bonds is 5. The van der Waals surface area contributed by atoms with Crippen LogP contribution in [0, 0.1) is 0 Å². The fourth-order valence-corrected chi connectivity index (χ4v) is 2.99. The lowest BCUT2D eigenvalue weighted by Crippen LogP contribution is -2.21. The molecule has 1 aromatic heterocycles. The van der Waals surface area contributed by atoms with Crippen molar-refractivity contribution < 1.29 is 9.53 Å². The van der Waals surface area contributed by atoms with Crippen molar-refractivity contribution in [1.29, 1.82) is 0 Å². The van der Waals surface area contributed by atoms with E-state index in [1.54, 1.807) is 0 Å². The molecule has 0 fully saturated rings. The summed E-state index contributed by atoms with van der Waals surface area (Å²) in [5.74, 6) is -0.280. The first kappa shape index (κ1) is 15.8. The quantitative estimate of drug-likeness (QED) is 0.786. The number of carbonyl (C=O) groups excluding carboxylic acids is 1. The van der Waals surface area contributed by atoms with Crippen LogP contribution in [0.15, 0.2) is 29.6 Å². The molecule has 21 heavy (non-hydrogen) atoms. The Kier molecular flexibility index (Phi) is 5.20. The number of thiazole rings is 1. The van der Waals surface area contributed by atoms with Gasteiger partial charge >= 0.3 is 5.97 Å². The molecule has 4 nitrogen and oxygen atoms in total. The van der Waals surface area contributed by atoms with E-state index in [2.05, 4.69) is 21.5 Å². The number of halogens is 1. The highest BCUT2D eigenvalue weighted by Crippen LogP contribution is 2.29. The Morgan fingerprint density at radius 1 is 1.52 bits per heavy atom. The molecule has 0 bridgehead atoms. The van der Waals surface area contributed by atoms with Crippen molar-refractivity contribution in [2.24, 2.45) is 0 Å². The second-order valence-corrected chi connectivity index (χ2v) is 5.99. The molecular formula is C15H17ClN2O2S. The highest BCUT2D eigenvalue weighted by Gasteiger charge is 2.16. The molecule has 2 rings (SSSR count). The van der Waals surface area contributed by atoms with Crippen molar-refractivity contribution in [3.05, 3.63) is 45.9 Å². The molecule has 0 saturated heterocycles. The molecule has 1 aromatic carbocycles. The normalized spacial score (nSPS) is 12.0. The standard InChI is InChI=1S/C15H17ClN2O2S/c1-10(11-5-4-6-12(16)7-11)18(2)15-17-13(9-21-15)8-14(19)20-3/h4-7,9-10H,8H2,1-3H3. The maximum Gasteiger partial charge on any atom is 0.311 e. The second kappa shape index (κ2) is 6.91. The molecule has 0 aliphatic rings. The predicted molar refractivity (Wildman–Crippen MR) is 86.1 cm³/mol. The molecule has 1 heterocycles. The summed E-state index contributed by atoms with van der Waals surface area (Å²) in [5, 5.41) is 3.47. The molecule has 1 unspecified atom stereocenters. The number of anilines is 1. The van der Waals surface area contributed by atoms with Gasteiger partial charge in [-0.25, -0.2) is 4.98 Å². The van der Waals surface area contributed by atoms with E-state index in [9.17, 15) is 4.79 Å². The molecular weight excluding hydrogens is 308 g/mol. The van der Waals surface area contributed by atoms with Crippen molar-refractivity contribution in [3.8, 4) is 0 Å². The number of nitrogens with zero attached hydrogens (tertiary/aromatic N) is 2. The van der Waals surface area contributed by atoms with Crippen LogP contribution in [0.1, 0.15) is 24.2 Å². The first-order chi connectivity index (χ1) is 10.0. The van der Waals surface area contributed by atoms with Gasteiger partial charge in [-0.2, -0.15) is 0 Å². The summed E-state index contributed by atoms with van der Waals surface area (Å²) in [6, 6.07) is 7.92. The van der Waals surface area contributed by atoms with E-state index in [-0.39, 0.29) is 18.4 Å². The lowest BCUT2D eigenvalue weighted by molar-refractivity contribution is -0.139. The highest BCUT2D eigenvalue weighted by atomic mass is 35.5. The Morgan fingerprint density at radius 2 is 2.29 bits per heavy atom. The number of benzene rings is 1. The van der Waals surface area contributed by atoms with Crippen molar-refractivity contribution in [1.82, 2.24) is 4.98 Å². The number of esters is 1. The van der Waals surface area contributed by atoms with E-state index in [1.807, 2.05) is 36.7 Å². The van der Waals surface area contributed by atoms with Crippen LogP contribution in [0.5, 0.6) is 0 Å². The number of ether oxygens (including phenoxy) is 1. The van der Waals surface area contributed by atoms with Crippen LogP contribution in [0.4, 0.5) is 5.13 Å². The molecule has 0 spiro atoms. The number of carbonyl (C=O) groups is 1. The van der Waals surface area contributed by atoms with Gasteiger partial charge in [-0.15, -0.1) is 11.3 Å². The summed E-state index contributed by atoms with van der Waals surface area (Å²) in [5.41, 5.74) is 1.85. The summed E-state index contributed by atoms with van der Waals surface area (Å²) in [4.78, 5) is 17.8. The smallest absolute Gasteiger partial charge is 0.311 e. The Labute approximate surface area is 133 Å². The van der Waals surface area contributed by atoms with Crippen LogP contribution in [0.25, 0.3) is 0 Å². The summed E-state index contributed by atoms with van der Waals surface area (Å²) >= 11 is 7.55. The third-order valence-corrected chi connectivity index (χ3v) is 4.52. The van der Waals surface area contributed by atoms with Crippen LogP contribution in [-0.4, -0.2) is 25.1 Å².